The van der Waals surface area contributed by atoms with Crippen molar-refractivity contribution in [3.05, 3.63) is 35.6 Å². The number of rotatable bonds is 0. The van der Waals surface area contributed by atoms with Crippen LogP contribution < -0.4 is 24.8 Å². The second-order valence-corrected chi connectivity index (χ2v) is 5.44. The van der Waals surface area contributed by atoms with Gasteiger partial charge in [-0.2, -0.15) is 17.7 Å². The summed E-state index contributed by atoms with van der Waals surface area (Å²) in [6.45, 7) is 12.1. The fourth-order valence-electron chi connectivity index (χ4n) is 0.470. The predicted octanol–water partition coefficient (Wildman–Crippen LogP) is -1.92. The van der Waals surface area contributed by atoms with E-state index in [1.165, 1.54) is 5.56 Å². The molecule has 0 aliphatic rings. The summed E-state index contributed by atoms with van der Waals surface area (Å²) in [7, 11) is 0.750. The normalized spacial score (nSPS) is 7.71. The second-order valence-electron chi connectivity index (χ2n) is 4.29. The molecule has 1 radical (unpaired) electrons. The van der Waals surface area contributed by atoms with E-state index in [0.717, 1.165) is 9.52 Å². The van der Waals surface area contributed by atoms with Crippen LogP contribution in [-0.4, -0.2) is 15.1 Å². The van der Waals surface area contributed by atoms with Gasteiger partial charge in [0.25, 0.3) is 0 Å². The predicted molar refractivity (Wildman–Crippen MR) is 69.7 cm³/mol. The Morgan fingerprint density at radius 2 is 1.47 bits per heavy atom. The molecule has 1 nitrogen and oxygen atoms in total. The third-order valence-electron chi connectivity index (χ3n) is 0.829. The van der Waals surface area contributed by atoms with Gasteiger partial charge in [0.15, 0.2) is 0 Å². The van der Waals surface area contributed by atoms with Crippen LogP contribution in [-0.2, 0) is 21.7 Å². The molecule has 1 aromatic carbocycles. The van der Waals surface area contributed by atoms with E-state index >= 15 is 0 Å². The van der Waals surface area contributed by atoms with Gasteiger partial charge in [-0.1, -0.05) is 40.8 Å². The first-order valence-corrected chi connectivity index (χ1v) is 7.29. The maximum absolute atomic E-state index is 6.94. The molecule has 0 amide bonds. The molecule has 0 spiro atoms. The van der Waals surface area contributed by atoms with Crippen LogP contribution in [0.15, 0.2) is 24.3 Å². The topological polar surface area (TPSA) is 23.8 Å². The Bertz CT molecular complexity index is 193. The Morgan fingerprint density at radius 3 is 1.53 bits per heavy atom. The molecule has 1 rings (SSSR count). The molecule has 1 N–H and O–H groups in total. The van der Waals surface area contributed by atoms with Gasteiger partial charge in [-0.15, -0.1) is 5.54 Å². The van der Waals surface area contributed by atoms with Crippen molar-refractivity contribution >= 4 is 9.52 Å². The standard InChI is InChI=1S/C6H7.C4H10N.C2H7Si.2ClH.Ti/c1-6-4-2-3-5-6;1-4(2,3)5;1-3-2;;;/h2-5H,1H3;5H,1-3H3;3H,1-2H3;2*1H;/q2*-1;;;;+4/p-2. The molecule has 99 valence electrons. The van der Waals surface area contributed by atoms with Crippen LogP contribution in [0.5, 0.6) is 0 Å². The Labute approximate surface area is 137 Å². The monoisotopic (exact) mass is 328 g/mol. The van der Waals surface area contributed by atoms with Crippen LogP contribution in [0, 0.1) is 6.92 Å². The van der Waals surface area contributed by atoms with Crippen LogP contribution in [0.1, 0.15) is 26.3 Å². The molecule has 0 fully saturated rings. The second kappa shape index (κ2) is 19.2. The zero-order chi connectivity index (χ0) is 11.6. The molecule has 0 saturated carbocycles. The summed E-state index contributed by atoms with van der Waals surface area (Å²) in [5.74, 6) is 0. The van der Waals surface area contributed by atoms with E-state index in [1.54, 1.807) is 0 Å². The summed E-state index contributed by atoms with van der Waals surface area (Å²) in [5, 5.41) is 0. The van der Waals surface area contributed by atoms with Crippen molar-refractivity contribution in [3.63, 3.8) is 0 Å². The van der Waals surface area contributed by atoms with Gasteiger partial charge < -0.3 is 30.5 Å². The van der Waals surface area contributed by atoms with Gasteiger partial charge in [-0.05, 0) is 0 Å². The third-order valence-corrected chi connectivity index (χ3v) is 0.829. The number of nitrogens with one attached hydrogen (secondary N) is 1. The minimum atomic E-state index is -0.250. The Kier molecular flexibility index (Phi) is 34.6. The fourth-order valence-corrected chi connectivity index (χ4v) is 0.470. The minimum Gasteiger partial charge on any atom is -1.00 e. The van der Waals surface area contributed by atoms with Crippen LogP contribution >= 0.6 is 0 Å². The van der Waals surface area contributed by atoms with Gasteiger partial charge >= 0.3 is 21.7 Å². The van der Waals surface area contributed by atoms with Crippen LogP contribution in [0.4, 0.5) is 0 Å². The summed E-state index contributed by atoms with van der Waals surface area (Å²) in [4.78, 5) is 0. The van der Waals surface area contributed by atoms with E-state index in [4.69, 9.17) is 5.73 Å². The molecular weight excluding hydrogens is 305 g/mol. The molecule has 0 aliphatic heterocycles. The summed E-state index contributed by atoms with van der Waals surface area (Å²) in [5.41, 5.74) is 8.03. The van der Waals surface area contributed by atoms with Gasteiger partial charge in [0.1, 0.15) is 0 Å². The third kappa shape index (κ3) is 60.4. The van der Waals surface area contributed by atoms with Gasteiger partial charge in [0.2, 0.25) is 0 Å². The van der Waals surface area contributed by atoms with Gasteiger partial charge in [0.05, 0.1) is 0 Å². The molecule has 0 aliphatic carbocycles. The quantitative estimate of drug-likeness (QED) is 0.391. The van der Waals surface area contributed by atoms with E-state index in [-0.39, 0.29) is 52.1 Å². The van der Waals surface area contributed by atoms with Crippen LogP contribution in [0.3, 0.4) is 0 Å². The molecular formula is C12H24Cl2NSiTi. The summed E-state index contributed by atoms with van der Waals surface area (Å²) in [6, 6.07) is 8.24. The average molecular weight is 329 g/mol. The molecule has 0 unspecified atom stereocenters. The first-order chi connectivity index (χ1) is 6.31. The summed E-state index contributed by atoms with van der Waals surface area (Å²) in [6.07, 6.45) is 0. The number of hydrogen-bond acceptors (Lipinski definition) is 0. The zero-order valence-corrected chi connectivity index (χ0v) is 15.9. The SMILES string of the molecule is CC(C)(C)[NH-].C[SiH]C.Cc1ccc[cH-]1.[Cl-].[Cl-].[Ti+4]. The first kappa shape index (κ1) is 30.7. The largest absolute Gasteiger partial charge is 4.00 e. The maximum atomic E-state index is 6.94. The first-order valence-electron chi connectivity index (χ1n) is 4.98. The molecule has 1 aromatic rings. The van der Waals surface area contributed by atoms with E-state index in [2.05, 4.69) is 32.2 Å². The van der Waals surface area contributed by atoms with Crippen molar-refractivity contribution in [1.82, 2.24) is 0 Å². The van der Waals surface area contributed by atoms with Gasteiger partial charge in [0, 0.05) is 9.52 Å². The van der Waals surface area contributed by atoms with Crippen LogP contribution in [0.25, 0.3) is 5.73 Å². The molecule has 0 aromatic heterocycles. The number of aryl methyl sites for hydroxylation is 1. The van der Waals surface area contributed by atoms with Crippen molar-refractivity contribution < 1.29 is 46.5 Å². The molecule has 0 bridgehead atoms. The molecule has 0 saturated heterocycles. The van der Waals surface area contributed by atoms with Crippen molar-refractivity contribution in [2.24, 2.45) is 0 Å². The molecule has 0 atom stereocenters. The van der Waals surface area contributed by atoms with E-state index in [9.17, 15) is 0 Å². The molecule has 5 heteroatoms. The maximum Gasteiger partial charge on any atom is 4.00 e. The Balaban J connectivity index is -0.0000000409. The minimum absolute atomic E-state index is 0. The fraction of sp³-hybridized carbons (Fsp3) is 0.583. The molecule has 17 heavy (non-hydrogen) atoms. The zero-order valence-electron chi connectivity index (χ0n) is 11.6. The number of hydrogen-bond donors (Lipinski definition) is 0. The van der Waals surface area contributed by atoms with Crippen molar-refractivity contribution in [3.8, 4) is 0 Å². The van der Waals surface area contributed by atoms with E-state index in [1.807, 2.05) is 32.9 Å². The average Bonchev–Trinajstić information content (AvgIpc) is 2.37. The van der Waals surface area contributed by atoms with Crippen molar-refractivity contribution in [2.75, 3.05) is 0 Å². The van der Waals surface area contributed by atoms with Gasteiger partial charge in [-0.3, -0.25) is 0 Å². The van der Waals surface area contributed by atoms with E-state index in [0.29, 0.717) is 0 Å². The summed E-state index contributed by atoms with van der Waals surface area (Å²) >= 11 is 0. The number of halogens is 2. The smallest absolute Gasteiger partial charge is 1.00 e. The van der Waals surface area contributed by atoms with Crippen molar-refractivity contribution in [2.45, 2.75) is 46.3 Å². The van der Waals surface area contributed by atoms with Crippen molar-refractivity contribution in [1.29, 1.82) is 0 Å². The van der Waals surface area contributed by atoms with Gasteiger partial charge in [-0.25, -0.2) is 12.1 Å². The molecule has 0 heterocycles. The summed E-state index contributed by atoms with van der Waals surface area (Å²) < 4.78 is 0. The Hall–Kier alpha value is 0.821. The van der Waals surface area contributed by atoms with E-state index < -0.39 is 0 Å². The Morgan fingerprint density at radius 1 is 1.18 bits per heavy atom. The van der Waals surface area contributed by atoms with Crippen LogP contribution in [0.2, 0.25) is 13.1 Å².